The highest BCUT2D eigenvalue weighted by Gasteiger charge is 2.38. The van der Waals surface area contributed by atoms with Crippen LogP contribution in [0.2, 0.25) is 0 Å². The lowest BCUT2D eigenvalue weighted by molar-refractivity contribution is -0.140. The number of hydrogen-bond acceptors (Lipinski definition) is 6. The van der Waals surface area contributed by atoms with Crippen molar-refractivity contribution in [1.29, 1.82) is 0 Å². The van der Waals surface area contributed by atoms with E-state index in [1.165, 1.54) is 17.8 Å². The summed E-state index contributed by atoms with van der Waals surface area (Å²) >= 11 is 0. The van der Waals surface area contributed by atoms with Crippen LogP contribution in [0.25, 0.3) is 5.65 Å². The minimum Gasteiger partial charge on any atom is -0.351 e. The van der Waals surface area contributed by atoms with Crippen molar-refractivity contribution in [2.45, 2.75) is 32.1 Å². The van der Waals surface area contributed by atoms with Gasteiger partial charge in [0.05, 0.1) is 11.9 Å². The van der Waals surface area contributed by atoms with Crippen LogP contribution < -0.4 is 15.5 Å². The number of fused-ring (bicyclic) bond motifs is 1. The number of carbonyl (C=O) groups is 1. The number of nitrogens with zero attached hydrogens (tertiary/aromatic N) is 6. The van der Waals surface area contributed by atoms with Gasteiger partial charge < -0.3 is 15.5 Å². The summed E-state index contributed by atoms with van der Waals surface area (Å²) < 4.78 is 41.9. The molecule has 0 unspecified atom stereocenters. The Morgan fingerprint density at radius 2 is 2.10 bits per heavy atom. The molecule has 30 heavy (non-hydrogen) atoms. The molecule has 0 saturated carbocycles. The lowest BCUT2D eigenvalue weighted by Gasteiger charge is -2.38. The smallest absolute Gasteiger partial charge is 0.351 e. The van der Waals surface area contributed by atoms with Gasteiger partial charge >= 0.3 is 6.18 Å². The molecule has 1 fully saturated rings. The molecule has 0 aromatic carbocycles. The van der Waals surface area contributed by atoms with Crippen molar-refractivity contribution in [2.24, 2.45) is 7.05 Å². The average Bonchev–Trinajstić information content (AvgIpc) is 3.26. The van der Waals surface area contributed by atoms with E-state index in [4.69, 9.17) is 0 Å². The molecule has 0 bridgehead atoms. The van der Waals surface area contributed by atoms with E-state index in [0.29, 0.717) is 5.82 Å². The molecule has 3 aromatic rings. The number of nitrogens with one attached hydrogen (secondary N) is 2. The van der Waals surface area contributed by atoms with E-state index in [1.54, 1.807) is 12.3 Å². The molecular weight excluding hydrogens is 401 g/mol. The summed E-state index contributed by atoms with van der Waals surface area (Å²) in [5.41, 5.74) is -1.24. The summed E-state index contributed by atoms with van der Waals surface area (Å²) in [6, 6.07) is 2.28. The highest BCUT2D eigenvalue weighted by molar-refractivity contribution is 6.08. The van der Waals surface area contributed by atoms with Gasteiger partial charge in [-0.05, 0) is 19.9 Å². The van der Waals surface area contributed by atoms with Gasteiger partial charge in [0.2, 0.25) is 0 Å². The molecule has 0 aliphatic carbocycles. The van der Waals surface area contributed by atoms with Gasteiger partial charge in [0.15, 0.2) is 11.3 Å². The van der Waals surface area contributed by atoms with Crippen LogP contribution in [-0.4, -0.2) is 55.5 Å². The Labute approximate surface area is 169 Å². The van der Waals surface area contributed by atoms with Crippen LogP contribution in [-0.2, 0) is 13.2 Å². The normalized spacial score (nSPS) is 20.0. The Bertz CT molecular complexity index is 1090. The molecule has 1 saturated heterocycles. The summed E-state index contributed by atoms with van der Waals surface area (Å²) in [7, 11) is 1.35. The van der Waals surface area contributed by atoms with Gasteiger partial charge in [0, 0.05) is 44.6 Å². The van der Waals surface area contributed by atoms with Gasteiger partial charge in [0.25, 0.3) is 5.91 Å². The quantitative estimate of drug-likeness (QED) is 0.670. The number of aryl methyl sites for hydroxylation is 1. The molecule has 1 aliphatic rings. The number of anilines is 2. The van der Waals surface area contributed by atoms with E-state index in [-0.39, 0.29) is 23.3 Å². The second-order valence-electron chi connectivity index (χ2n) is 7.44. The topological polar surface area (TPSA) is 92.4 Å². The van der Waals surface area contributed by atoms with Gasteiger partial charge in [-0.1, -0.05) is 0 Å². The van der Waals surface area contributed by atoms with Crippen LogP contribution in [0.5, 0.6) is 0 Å². The maximum absolute atomic E-state index is 13.2. The fourth-order valence-corrected chi connectivity index (χ4v) is 3.50. The molecule has 2 N–H and O–H groups in total. The molecule has 12 heteroatoms. The summed E-state index contributed by atoms with van der Waals surface area (Å²) in [5.74, 6) is -0.0647. The highest BCUT2D eigenvalue weighted by atomic mass is 19.4. The van der Waals surface area contributed by atoms with Crippen molar-refractivity contribution in [3.63, 3.8) is 0 Å². The SMILES string of the molecule is C[C@@H]1CN(c2ccn3ncc(C(=O)Nc4cn(C)nc4C(F)(F)F)c3n2)[C@H](C)CN1. The molecular formula is C18H21F3N8O. The Hall–Kier alpha value is -3.15. The molecule has 9 nitrogen and oxygen atoms in total. The first-order valence-corrected chi connectivity index (χ1v) is 9.40. The van der Waals surface area contributed by atoms with E-state index in [9.17, 15) is 18.0 Å². The predicted molar refractivity (Wildman–Crippen MR) is 103 cm³/mol. The third-order valence-electron chi connectivity index (χ3n) is 5.00. The maximum atomic E-state index is 13.2. The number of halogens is 3. The third-order valence-corrected chi connectivity index (χ3v) is 5.00. The molecule has 4 heterocycles. The summed E-state index contributed by atoms with van der Waals surface area (Å²) in [6.45, 7) is 5.67. The number of amides is 1. The minimum atomic E-state index is -4.69. The van der Waals surface area contributed by atoms with Crippen LogP contribution in [0, 0.1) is 0 Å². The van der Waals surface area contributed by atoms with Crippen molar-refractivity contribution >= 4 is 23.1 Å². The molecule has 1 amide bonds. The molecule has 160 valence electrons. The molecule has 0 radical (unpaired) electrons. The van der Waals surface area contributed by atoms with Gasteiger partial charge in [0.1, 0.15) is 11.4 Å². The maximum Gasteiger partial charge on any atom is 0.437 e. The van der Waals surface area contributed by atoms with E-state index >= 15 is 0 Å². The van der Waals surface area contributed by atoms with Crippen LogP contribution in [0.15, 0.2) is 24.7 Å². The fourth-order valence-electron chi connectivity index (χ4n) is 3.50. The number of piperazine rings is 1. The Kier molecular flexibility index (Phi) is 4.88. The zero-order valence-corrected chi connectivity index (χ0v) is 16.6. The number of hydrogen-bond donors (Lipinski definition) is 2. The first-order chi connectivity index (χ1) is 14.1. The zero-order valence-electron chi connectivity index (χ0n) is 16.6. The van der Waals surface area contributed by atoms with Crippen molar-refractivity contribution in [3.8, 4) is 0 Å². The van der Waals surface area contributed by atoms with Crippen molar-refractivity contribution in [2.75, 3.05) is 23.3 Å². The summed E-state index contributed by atoms with van der Waals surface area (Å²) in [4.78, 5) is 19.5. The second-order valence-corrected chi connectivity index (χ2v) is 7.44. The van der Waals surface area contributed by atoms with Crippen LogP contribution in [0.4, 0.5) is 24.7 Å². The first kappa shape index (κ1) is 20.1. The van der Waals surface area contributed by atoms with Gasteiger partial charge in [-0.25, -0.2) is 9.50 Å². The van der Waals surface area contributed by atoms with E-state index in [0.717, 1.165) is 24.0 Å². The number of rotatable bonds is 3. The Morgan fingerprint density at radius 3 is 2.83 bits per heavy atom. The van der Waals surface area contributed by atoms with Gasteiger partial charge in [-0.2, -0.15) is 23.4 Å². The van der Waals surface area contributed by atoms with Crippen molar-refractivity contribution in [3.05, 3.63) is 35.9 Å². The number of aromatic nitrogens is 5. The first-order valence-electron chi connectivity index (χ1n) is 9.40. The molecule has 3 aromatic heterocycles. The number of alkyl halides is 3. The van der Waals surface area contributed by atoms with Crippen molar-refractivity contribution in [1.82, 2.24) is 29.7 Å². The summed E-state index contributed by atoms with van der Waals surface area (Å²) in [5, 5.41) is 13.2. The minimum absolute atomic E-state index is 0.0738. The second kappa shape index (κ2) is 7.27. The molecule has 1 aliphatic heterocycles. The van der Waals surface area contributed by atoms with Crippen LogP contribution in [0.1, 0.15) is 29.9 Å². The van der Waals surface area contributed by atoms with E-state index in [1.807, 2.05) is 0 Å². The van der Waals surface area contributed by atoms with E-state index in [2.05, 4.69) is 44.6 Å². The molecule has 4 rings (SSSR count). The average molecular weight is 422 g/mol. The standard InChI is InChI=1S/C18H21F3N8O/c1-10-8-28(11(2)6-22-10)14-4-5-29-16(25-14)12(7-23-29)17(30)24-13-9-27(3)26-15(13)18(19,20)21/h4-5,7,9-11,22H,6,8H2,1-3H3,(H,24,30)/t10-,11-/m1/s1. The Balaban J connectivity index is 1.66. The third kappa shape index (κ3) is 3.70. The number of carbonyl (C=O) groups excluding carboxylic acids is 1. The van der Waals surface area contributed by atoms with Crippen molar-refractivity contribution < 1.29 is 18.0 Å². The van der Waals surface area contributed by atoms with Gasteiger partial charge in [-0.3, -0.25) is 9.48 Å². The highest BCUT2D eigenvalue weighted by Crippen LogP contribution is 2.33. The lowest BCUT2D eigenvalue weighted by atomic mass is 10.1. The predicted octanol–water partition coefficient (Wildman–Crippen LogP) is 1.92. The molecule has 0 spiro atoms. The lowest BCUT2D eigenvalue weighted by Crippen LogP contribution is -2.54. The van der Waals surface area contributed by atoms with E-state index < -0.39 is 23.5 Å². The van der Waals surface area contributed by atoms with Crippen LogP contribution in [0.3, 0.4) is 0 Å². The zero-order chi connectivity index (χ0) is 21.6. The monoisotopic (exact) mass is 422 g/mol. The molecule has 2 atom stereocenters. The Morgan fingerprint density at radius 1 is 1.33 bits per heavy atom. The summed E-state index contributed by atoms with van der Waals surface area (Å²) in [6.07, 6.45) is -0.617. The fraction of sp³-hybridized carbons (Fsp3) is 0.444. The van der Waals surface area contributed by atoms with Gasteiger partial charge in [-0.15, -0.1) is 0 Å². The van der Waals surface area contributed by atoms with Crippen LogP contribution >= 0.6 is 0 Å². The largest absolute Gasteiger partial charge is 0.437 e.